The van der Waals surface area contributed by atoms with E-state index in [1.54, 1.807) is 12.1 Å². The molecule has 6 heteroatoms. The van der Waals surface area contributed by atoms with Crippen molar-refractivity contribution in [3.8, 4) is 0 Å². The van der Waals surface area contributed by atoms with E-state index in [9.17, 15) is 14.0 Å². The van der Waals surface area contributed by atoms with Gasteiger partial charge < -0.3 is 0 Å². The number of carbonyl (C=O) groups is 2. The van der Waals surface area contributed by atoms with Crippen LogP contribution >= 0.6 is 23.4 Å². The molecule has 1 aliphatic rings. The summed E-state index contributed by atoms with van der Waals surface area (Å²) in [6.07, 6.45) is 0.128. The number of amides is 2. The van der Waals surface area contributed by atoms with Crippen molar-refractivity contribution in [2.45, 2.75) is 16.6 Å². The van der Waals surface area contributed by atoms with Crippen LogP contribution in [0.5, 0.6) is 0 Å². The van der Waals surface area contributed by atoms with Gasteiger partial charge in [0.2, 0.25) is 11.8 Å². The summed E-state index contributed by atoms with van der Waals surface area (Å²) in [5, 5.41) is 0.143. The Labute approximate surface area is 136 Å². The third-order valence-electron chi connectivity index (χ3n) is 3.28. The first-order valence-electron chi connectivity index (χ1n) is 6.59. The van der Waals surface area contributed by atoms with Crippen molar-refractivity contribution in [2.24, 2.45) is 0 Å². The molecule has 0 bridgehead atoms. The summed E-state index contributed by atoms with van der Waals surface area (Å²) in [6.45, 7) is 0. The Morgan fingerprint density at radius 1 is 1.05 bits per heavy atom. The molecule has 0 radical (unpaired) electrons. The Morgan fingerprint density at radius 3 is 2.32 bits per heavy atom. The molecule has 0 spiro atoms. The molecule has 1 fully saturated rings. The standard InChI is InChI=1S/C16H11ClFNO2S/c17-10-1-7-13(8-2-10)22-14-9-15(20)19(16(14)21)12-5-3-11(18)4-6-12/h1-8,14H,9H2. The van der Waals surface area contributed by atoms with Gasteiger partial charge in [0.15, 0.2) is 0 Å². The number of anilines is 1. The van der Waals surface area contributed by atoms with Gasteiger partial charge in [0.1, 0.15) is 5.82 Å². The zero-order valence-electron chi connectivity index (χ0n) is 11.3. The summed E-state index contributed by atoms with van der Waals surface area (Å²) in [5.74, 6) is -0.963. The zero-order chi connectivity index (χ0) is 15.7. The Kier molecular flexibility index (Phi) is 4.18. The van der Waals surface area contributed by atoms with Crippen LogP contribution < -0.4 is 4.90 Å². The minimum Gasteiger partial charge on any atom is -0.274 e. The normalized spacial score (nSPS) is 18.1. The summed E-state index contributed by atoms with van der Waals surface area (Å²) in [7, 11) is 0. The van der Waals surface area contributed by atoms with Crippen LogP contribution in [0.15, 0.2) is 53.4 Å². The second kappa shape index (κ2) is 6.10. The Hall–Kier alpha value is -1.85. The molecular formula is C16H11ClFNO2S. The number of carbonyl (C=O) groups excluding carboxylic acids is 2. The van der Waals surface area contributed by atoms with E-state index in [0.29, 0.717) is 10.7 Å². The van der Waals surface area contributed by atoms with Crippen LogP contribution in [-0.4, -0.2) is 17.1 Å². The van der Waals surface area contributed by atoms with E-state index in [-0.39, 0.29) is 18.2 Å². The minimum absolute atomic E-state index is 0.128. The lowest BCUT2D eigenvalue weighted by Crippen LogP contribution is -2.31. The van der Waals surface area contributed by atoms with E-state index in [4.69, 9.17) is 11.6 Å². The Balaban J connectivity index is 1.79. The number of imide groups is 1. The Bertz CT molecular complexity index is 718. The third-order valence-corrected chi connectivity index (χ3v) is 4.73. The SMILES string of the molecule is O=C1CC(Sc2ccc(Cl)cc2)C(=O)N1c1ccc(F)cc1. The molecule has 112 valence electrons. The molecule has 1 saturated heterocycles. The fourth-order valence-electron chi connectivity index (χ4n) is 2.23. The minimum atomic E-state index is -0.473. The van der Waals surface area contributed by atoms with Crippen molar-refractivity contribution in [3.63, 3.8) is 0 Å². The molecule has 0 aromatic heterocycles. The average Bonchev–Trinajstić information content (AvgIpc) is 2.77. The first-order chi connectivity index (χ1) is 10.5. The molecule has 0 saturated carbocycles. The molecule has 2 aromatic carbocycles. The fraction of sp³-hybridized carbons (Fsp3) is 0.125. The number of rotatable bonds is 3. The van der Waals surface area contributed by atoms with E-state index < -0.39 is 11.1 Å². The third kappa shape index (κ3) is 3.00. The largest absolute Gasteiger partial charge is 0.274 e. The second-order valence-corrected chi connectivity index (χ2v) is 6.52. The van der Waals surface area contributed by atoms with Gasteiger partial charge in [-0.2, -0.15) is 0 Å². The van der Waals surface area contributed by atoms with Crippen molar-refractivity contribution >= 4 is 40.9 Å². The second-order valence-electron chi connectivity index (χ2n) is 4.81. The Morgan fingerprint density at radius 2 is 1.68 bits per heavy atom. The quantitative estimate of drug-likeness (QED) is 0.798. The van der Waals surface area contributed by atoms with Gasteiger partial charge in [-0.1, -0.05) is 11.6 Å². The highest BCUT2D eigenvalue weighted by molar-refractivity contribution is 8.00. The van der Waals surface area contributed by atoms with Crippen molar-refractivity contribution in [2.75, 3.05) is 4.90 Å². The maximum atomic E-state index is 13.0. The van der Waals surface area contributed by atoms with E-state index in [2.05, 4.69) is 0 Å². The van der Waals surface area contributed by atoms with Crippen LogP contribution in [0.25, 0.3) is 0 Å². The monoisotopic (exact) mass is 335 g/mol. The maximum Gasteiger partial charge on any atom is 0.247 e. The molecule has 2 amide bonds. The number of hydrogen-bond acceptors (Lipinski definition) is 3. The van der Waals surface area contributed by atoms with Crippen molar-refractivity contribution in [1.82, 2.24) is 0 Å². The van der Waals surface area contributed by atoms with Crippen LogP contribution in [0.2, 0.25) is 5.02 Å². The van der Waals surface area contributed by atoms with Crippen molar-refractivity contribution < 1.29 is 14.0 Å². The molecule has 22 heavy (non-hydrogen) atoms. The van der Waals surface area contributed by atoms with Gasteiger partial charge in [0.25, 0.3) is 0 Å². The summed E-state index contributed by atoms with van der Waals surface area (Å²) in [6, 6.07) is 12.4. The molecule has 3 rings (SSSR count). The highest BCUT2D eigenvalue weighted by Crippen LogP contribution is 2.34. The average molecular weight is 336 g/mol. The first kappa shape index (κ1) is 15.1. The smallest absolute Gasteiger partial charge is 0.247 e. The van der Waals surface area contributed by atoms with E-state index >= 15 is 0 Å². The topological polar surface area (TPSA) is 37.4 Å². The molecule has 2 aromatic rings. The van der Waals surface area contributed by atoms with Gasteiger partial charge in [-0.05, 0) is 48.5 Å². The lowest BCUT2D eigenvalue weighted by atomic mass is 10.3. The van der Waals surface area contributed by atoms with Crippen LogP contribution in [0.3, 0.4) is 0 Å². The molecule has 3 nitrogen and oxygen atoms in total. The molecular weight excluding hydrogens is 325 g/mol. The maximum absolute atomic E-state index is 13.0. The van der Waals surface area contributed by atoms with E-state index in [1.165, 1.54) is 36.0 Å². The lowest BCUT2D eigenvalue weighted by Gasteiger charge is -2.14. The fourth-order valence-corrected chi connectivity index (χ4v) is 3.41. The number of hydrogen-bond donors (Lipinski definition) is 0. The molecule has 0 aliphatic carbocycles. The molecule has 1 unspecified atom stereocenters. The van der Waals surface area contributed by atoms with Crippen LogP contribution in [0, 0.1) is 5.82 Å². The molecule has 1 aliphatic heterocycles. The van der Waals surface area contributed by atoms with Crippen molar-refractivity contribution in [1.29, 1.82) is 0 Å². The zero-order valence-corrected chi connectivity index (χ0v) is 12.9. The first-order valence-corrected chi connectivity index (χ1v) is 7.85. The predicted molar refractivity (Wildman–Crippen MR) is 84.6 cm³/mol. The van der Waals surface area contributed by atoms with Gasteiger partial charge in [0, 0.05) is 16.3 Å². The van der Waals surface area contributed by atoms with Gasteiger partial charge in [-0.25, -0.2) is 9.29 Å². The summed E-state index contributed by atoms with van der Waals surface area (Å²) in [4.78, 5) is 26.5. The molecule has 1 heterocycles. The van der Waals surface area contributed by atoms with E-state index in [0.717, 1.165) is 9.80 Å². The van der Waals surface area contributed by atoms with Gasteiger partial charge >= 0.3 is 0 Å². The predicted octanol–water partition coefficient (Wildman–Crippen LogP) is 3.90. The van der Waals surface area contributed by atoms with Gasteiger partial charge in [-0.3, -0.25) is 9.59 Å². The van der Waals surface area contributed by atoms with Gasteiger partial charge in [-0.15, -0.1) is 11.8 Å². The highest BCUT2D eigenvalue weighted by Gasteiger charge is 2.40. The number of benzene rings is 2. The van der Waals surface area contributed by atoms with E-state index in [1.807, 2.05) is 12.1 Å². The lowest BCUT2D eigenvalue weighted by molar-refractivity contribution is -0.121. The number of halogens is 2. The van der Waals surface area contributed by atoms with Crippen LogP contribution in [-0.2, 0) is 9.59 Å². The summed E-state index contributed by atoms with van der Waals surface area (Å²) >= 11 is 7.16. The van der Waals surface area contributed by atoms with Crippen molar-refractivity contribution in [3.05, 3.63) is 59.4 Å². The number of thioether (sulfide) groups is 1. The summed E-state index contributed by atoms with van der Waals surface area (Å²) in [5.41, 5.74) is 0.399. The molecule has 1 atom stereocenters. The molecule has 0 N–H and O–H groups in total. The summed E-state index contributed by atoms with van der Waals surface area (Å²) < 4.78 is 13.0. The highest BCUT2D eigenvalue weighted by atomic mass is 35.5. The number of nitrogens with zero attached hydrogens (tertiary/aromatic N) is 1. The van der Waals surface area contributed by atoms with Crippen LogP contribution in [0.4, 0.5) is 10.1 Å². The van der Waals surface area contributed by atoms with Gasteiger partial charge in [0.05, 0.1) is 10.9 Å². The van der Waals surface area contributed by atoms with Crippen LogP contribution in [0.1, 0.15) is 6.42 Å².